The van der Waals surface area contributed by atoms with Crippen LogP contribution in [0.4, 0.5) is 0 Å². The van der Waals surface area contributed by atoms with Crippen LogP contribution < -0.4 is 5.73 Å². The van der Waals surface area contributed by atoms with E-state index in [0.29, 0.717) is 6.54 Å². The summed E-state index contributed by atoms with van der Waals surface area (Å²) in [5.41, 5.74) is 7.82. The van der Waals surface area contributed by atoms with Gasteiger partial charge in [-0.15, -0.1) is 11.8 Å². The predicted molar refractivity (Wildman–Crippen MR) is 83.8 cm³/mol. The average molecular weight is 304 g/mol. The van der Waals surface area contributed by atoms with Gasteiger partial charge in [0.15, 0.2) is 0 Å². The summed E-state index contributed by atoms with van der Waals surface area (Å²) in [6.45, 7) is 1.22. The Hall–Kier alpha value is -1.49. The fourth-order valence-corrected chi connectivity index (χ4v) is 4.45. The molecular weight excluding hydrogens is 284 g/mol. The van der Waals surface area contributed by atoms with Gasteiger partial charge in [-0.25, -0.2) is 0 Å². The number of hydrogen-bond donors (Lipinski definition) is 1. The highest BCUT2D eigenvalue weighted by Gasteiger charge is 2.34. The third-order valence-corrected chi connectivity index (χ3v) is 5.58. The maximum absolute atomic E-state index is 12.8. The average Bonchev–Trinajstić information content (AvgIpc) is 2.53. The van der Waals surface area contributed by atoms with Crippen molar-refractivity contribution in [3.8, 4) is 0 Å². The first kappa shape index (κ1) is 14.4. The minimum atomic E-state index is -0.288. The minimum absolute atomic E-state index is 0.124. The third kappa shape index (κ3) is 2.93. The highest BCUT2D eigenvalue weighted by Crippen LogP contribution is 2.38. The molecule has 2 heterocycles. The molecule has 1 aromatic carbocycles. The van der Waals surface area contributed by atoms with Gasteiger partial charge in [0.05, 0.1) is 5.92 Å². The number of aryl methyl sites for hydroxylation is 1. The van der Waals surface area contributed by atoms with Gasteiger partial charge in [0.25, 0.3) is 0 Å². The summed E-state index contributed by atoms with van der Waals surface area (Å²) in [6.07, 6.45) is 2.68. The molecule has 0 bridgehead atoms. The molecule has 112 valence electrons. The van der Waals surface area contributed by atoms with Crippen molar-refractivity contribution >= 4 is 23.6 Å². The van der Waals surface area contributed by atoms with E-state index in [1.54, 1.807) is 11.8 Å². The van der Waals surface area contributed by atoms with Crippen LogP contribution in [0.3, 0.4) is 0 Å². The van der Waals surface area contributed by atoms with Gasteiger partial charge < -0.3 is 10.6 Å². The van der Waals surface area contributed by atoms with Gasteiger partial charge in [-0.1, -0.05) is 24.3 Å². The first-order valence-electron chi connectivity index (χ1n) is 7.44. The molecule has 3 rings (SSSR count). The molecule has 2 aliphatic rings. The second-order valence-electron chi connectivity index (χ2n) is 5.73. The van der Waals surface area contributed by atoms with Crippen molar-refractivity contribution in [1.29, 1.82) is 0 Å². The second-order valence-corrected chi connectivity index (χ2v) is 6.94. The van der Waals surface area contributed by atoms with E-state index in [0.717, 1.165) is 37.1 Å². The largest absolute Gasteiger partial charge is 0.369 e. The van der Waals surface area contributed by atoms with Crippen LogP contribution in [0.5, 0.6) is 0 Å². The molecule has 0 unspecified atom stereocenters. The highest BCUT2D eigenvalue weighted by molar-refractivity contribution is 8.00. The number of likely N-dealkylation sites (tertiary alicyclic amines) is 1. The van der Waals surface area contributed by atoms with Crippen LogP contribution in [0.15, 0.2) is 24.3 Å². The Morgan fingerprint density at radius 3 is 2.90 bits per heavy atom. The summed E-state index contributed by atoms with van der Waals surface area (Å²) in [5, 5.41) is -0.124. The molecule has 0 spiro atoms. The first-order chi connectivity index (χ1) is 10.2. The molecule has 2 N–H and O–H groups in total. The van der Waals surface area contributed by atoms with Crippen LogP contribution in [0.25, 0.3) is 0 Å². The van der Waals surface area contributed by atoms with Crippen LogP contribution in [0.1, 0.15) is 29.2 Å². The molecule has 4 nitrogen and oxygen atoms in total. The number of fused-ring (bicyclic) bond motifs is 1. The smallest absolute Gasteiger partial charge is 0.240 e. The highest BCUT2D eigenvalue weighted by atomic mass is 32.2. The molecule has 2 aliphatic heterocycles. The van der Waals surface area contributed by atoms with Crippen LogP contribution in [-0.2, 0) is 16.0 Å². The van der Waals surface area contributed by atoms with E-state index < -0.39 is 0 Å². The number of primary amides is 1. The van der Waals surface area contributed by atoms with Gasteiger partial charge in [-0.2, -0.15) is 0 Å². The zero-order chi connectivity index (χ0) is 14.8. The van der Waals surface area contributed by atoms with E-state index in [9.17, 15) is 9.59 Å². The van der Waals surface area contributed by atoms with Crippen LogP contribution >= 0.6 is 11.8 Å². The monoisotopic (exact) mass is 304 g/mol. The predicted octanol–water partition coefficient (Wildman–Crippen LogP) is 1.74. The zero-order valence-corrected chi connectivity index (χ0v) is 12.8. The lowest BCUT2D eigenvalue weighted by atomic mass is 9.96. The third-order valence-electron chi connectivity index (χ3n) is 4.35. The van der Waals surface area contributed by atoms with Gasteiger partial charge in [-0.05, 0) is 36.1 Å². The zero-order valence-electron chi connectivity index (χ0n) is 12.0. The molecule has 1 fully saturated rings. The fraction of sp³-hybridized carbons (Fsp3) is 0.500. The summed E-state index contributed by atoms with van der Waals surface area (Å²) >= 11 is 1.71. The lowest BCUT2D eigenvalue weighted by molar-refractivity contribution is -0.134. The number of hydrogen-bond acceptors (Lipinski definition) is 3. The number of nitrogens with zero attached hydrogens (tertiary/aromatic N) is 1. The molecule has 1 aromatic rings. The van der Waals surface area contributed by atoms with Crippen molar-refractivity contribution in [2.45, 2.75) is 24.5 Å². The van der Waals surface area contributed by atoms with Crippen LogP contribution in [0, 0.1) is 5.92 Å². The van der Waals surface area contributed by atoms with Crippen molar-refractivity contribution in [2.75, 3.05) is 18.8 Å². The summed E-state index contributed by atoms with van der Waals surface area (Å²) in [7, 11) is 0. The SMILES string of the molecule is NC(=O)[C@@H]1CCCN(C(=O)[C@@H]2SCCc3ccccc32)C1. The maximum Gasteiger partial charge on any atom is 0.240 e. The number of carbonyl (C=O) groups excluding carboxylic acids is 2. The van der Waals surface area contributed by atoms with Gasteiger partial charge >= 0.3 is 0 Å². The summed E-state index contributed by atoms with van der Waals surface area (Å²) in [4.78, 5) is 26.0. The molecule has 0 aromatic heterocycles. The van der Waals surface area contributed by atoms with Crippen LogP contribution in [-0.4, -0.2) is 35.6 Å². The Morgan fingerprint density at radius 1 is 1.29 bits per heavy atom. The van der Waals surface area contributed by atoms with E-state index >= 15 is 0 Å². The molecule has 0 aliphatic carbocycles. The van der Waals surface area contributed by atoms with Gasteiger partial charge in [0, 0.05) is 13.1 Å². The van der Waals surface area contributed by atoms with Crippen molar-refractivity contribution < 1.29 is 9.59 Å². The standard InChI is InChI=1S/C16H20N2O2S/c17-15(19)12-5-3-8-18(10-12)16(20)14-13-6-2-1-4-11(13)7-9-21-14/h1-2,4,6,12,14H,3,5,7-10H2,(H2,17,19)/t12-,14-/m1/s1. The number of nitrogens with two attached hydrogens (primary N) is 1. The van der Waals surface area contributed by atoms with Crippen LogP contribution in [0.2, 0.25) is 0 Å². The molecule has 0 radical (unpaired) electrons. The Balaban J connectivity index is 1.78. The molecule has 2 atom stereocenters. The molecule has 2 amide bonds. The minimum Gasteiger partial charge on any atom is -0.369 e. The Bertz CT molecular complexity index is 561. The fourth-order valence-electron chi connectivity index (χ4n) is 3.17. The quantitative estimate of drug-likeness (QED) is 0.905. The molecule has 1 saturated heterocycles. The van der Waals surface area contributed by atoms with E-state index in [1.807, 2.05) is 17.0 Å². The van der Waals surface area contributed by atoms with Gasteiger partial charge in [0.1, 0.15) is 5.25 Å². The molecule has 5 heteroatoms. The van der Waals surface area contributed by atoms with Crippen molar-refractivity contribution in [3.63, 3.8) is 0 Å². The van der Waals surface area contributed by atoms with E-state index in [2.05, 4.69) is 12.1 Å². The number of carbonyl (C=O) groups is 2. The number of benzene rings is 1. The van der Waals surface area contributed by atoms with Gasteiger partial charge in [0.2, 0.25) is 11.8 Å². The van der Waals surface area contributed by atoms with E-state index in [4.69, 9.17) is 5.73 Å². The van der Waals surface area contributed by atoms with Crippen molar-refractivity contribution in [3.05, 3.63) is 35.4 Å². The topological polar surface area (TPSA) is 63.4 Å². The molecular formula is C16H20N2O2S. The van der Waals surface area contributed by atoms with Crippen molar-refractivity contribution in [1.82, 2.24) is 4.90 Å². The molecule has 0 saturated carbocycles. The lowest BCUT2D eigenvalue weighted by Crippen LogP contribution is -2.45. The van der Waals surface area contributed by atoms with E-state index in [-0.39, 0.29) is 23.0 Å². The van der Waals surface area contributed by atoms with Crippen molar-refractivity contribution in [2.24, 2.45) is 11.7 Å². The number of thioether (sulfide) groups is 1. The number of rotatable bonds is 2. The van der Waals surface area contributed by atoms with Gasteiger partial charge in [-0.3, -0.25) is 9.59 Å². The Kier molecular flexibility index (Phi) is 4.19. The normalized spacial score (nSPS) is 25.2. The second kappa shape index (κ2) is 6.10. The summed E-state index contributed by atoms with van der Waals surface area (Å²) in [6, 6.07) is 8.19. The Labute approximate surface area is 129 Å². The first-order valence-corrected chi connectivity index (χ1v) is 8.49. The maximum atomic E-state index is 12.8. The Morgan fingerprint density at radius 2 is 2.10 bits per heavy atom. The lowest BCUT2D eigenvalue weighted by Gasteiger charge is -2.35. The summed E-state index contributed by atoms with van der Waals surface area (Å²) < 4.78 is 0. The molecule has 21 heavy (non-hydrogen) atoms. The number of piperidine rings is 1. The summed E-state index contributed by atoms with van der Waals surface area (Å²) in [5.74, 6) is 0.634. The van der Waals surface area contributed by atoms with E-state index in [1.165, 1.54) is 5.56 Å². The number of amides is 2.